The van der Waals surface area contributed by atoms with E-state index in [0.29, 0.717) is 16.0 Å². The van der Waals surface area contributed by atoms with E-state index >= 15 is 0 Å². The van der Waals surface area contributed by atoms with Gasteiger partial charge in [-0.05, 0) is 45.6 Å². The van der Waals surface area contributed by atoms with Crippen molar-refractivity contribution in [1.29, 1.82) is 0 Å². The molecule has 0 aliphatic rings. The molecule has 3 nitrogen and oxygen atoms in total. The predicted molar refractivity (Wildman–Crippen MR) is 77.1 cm³/mol. The molecule has 1 aromatic carbocycles. The number of pyridine rings is 1. The Kier molecular flexibility index (Phi) is 4.87. The van der Waals surface area contributed by atoms with Gasteiger partial charge in [0.2, 0.25) is 0 Å². The zero-order valence-corrected chi connectivity index (χ0v) is 12.2. The van der Waals surface area contributed by atoms with Gasteiger partial charge in [-0.2, -0.15) is 0 Å². The summed E-state index contributed by atoms with van der Waals surface area (Å²) >= 11 is 8.99. The molecule has 1 atom stereocenters. The van der Waals surface area contributed by atoms with Crippen molar-refractivity contribution in [2.24, 2.45) is 5.84 Å². The summed E-state index contributed by atoms with van der Waals surface area (Å²) in [5.41, 5.74) is 4.43. The van der Waals surface area contributed by atoms with E-state index in [1.165, 1.54) is 6.07 Å². The maximum Gasteiger partial charge on any atom is 0.137 e. The number of rotatable bonds is 4. The number of aromatic nitrogens is 1. The summed E-state index contributed by atoms with van der Waals surface area (Å²) in [5, 5.41) is 0.423. The van der Waals surface area contributed by atoms with Gasteiger partial charge in [-0.25, -0.2) is 9.37 Å². The van der Waals surface area contributed by atoms with Crippen LogP contribution < -0.4 is 11.3 Å². The Morgan fingerprint density at radius 3 is 2.79 bits per heavy atom. The van der Waals surface area contributed by atoms with Gasteiger partial charge >= 0.3 is 0 Å². The fraction of sp³-hybridized carbons (Fsp3) is 0.154. The van der Waals surface area contributed by atoms with Crippen LogP contribution in [-0.2, 0) is 6.42 Å². The monoisotopic (exact) mass is 343 g/mol. The number of hydrogen-bond acceptors (Lipinski definition) is 3. The van der Waals surface area contributed by atoms with Gasteiger partial charge in [-0.1, -0.05) is 29.8 Å². The lowest BCUT2D eigenvalue weighted by atomic mass is 10.0. The molecule has 1 aromatic heterocycles. The lowest BCUT2D eigenvalue weighted by Gasteiger charge is -2.17. The number of nitrogens with two attached hydrogens (primary N) is 1. The molecule has 19 heavy (non-hydrogen) atoms. The molecule has 1 unspecified atom stereocenters. The Morgan fingerprint density at radius 1 is 1.37 bits per heavy atom. The maximum atomic E-state index is 13.5. The second kappa shape index (κ2) is 6.43. The van der Waals surface area contributed by atoms with E-state index in [1.54, 1.807) is 18.3 Å². The van der Waals surface area contributed by atoms with Gasteiger partial charge in [-0.15, -0.1) is 0 Å². The third kappa shape index (κ3) is 3.51. The highest BCUT2D eigenvalue weighted by atomic mass is 79.9. The Bertz CT molecular complexity index is 562. The molecule has 2 aromatic rings. The summed E-state index contributed by atoms with van der Waals surface area (Å²) in [6.07, 6.45) is 2.19. The second-order valence-corrected chi connectivity index (χ2v) is 5.23. The smallest absolute Gasteiger partial charge is 0.137 e. The zero-order valence-electron chi connectivity index (χ0n) is 9.91. The molecule has 0 aliphatic heterocycles. The molecule has 0 radical (unpaired) electrons. The minimum absolute atomic E-state index is 0.164. The minimum atomic E-state index is -0.289. The van der Waals surface area contributed by atoms with Crippen molar-refractivity contribution < 1.29 is 4.39 Å². The van der Waals surface area contributed by atoms with Crippen LogP contribution in [0.3, 0.4) is 0 Å². The highest BCUT2D eigenvalue weighted by Crippen LogP contribution is 2.25. The van der Waals surface area contributed by atoms with Gasteiger partial charge in [0, 0.05) is 6.20 Å². The van der Waals surface area contributed by atoms with Crippen molar-refractivity contribution in [1.82, 2.24) is 10.4 Å². The summed E-state index contributed by atoms with van der Waals surface area (Å²) in [5.74, 6) is 5.27. The zero-order chi connectivity index (χ0) is 13.8. The van der Waals surface area contributed by atoms with Crippen LogP contribution in [0.25, 0.3) is 0 Å². The molecule has 0 bridgehead atoms. The minimum Gasteiger partial charge on any atom is -0.271 e. The van der Waals surface area contributed by atoms with Crippen molar-refractivity contribution in [3.05, 3.63) is 63.1 Å². The summed E-state index contributed by atoms with van der Waals surface area (Å²) < 4.78 is 13.9. The van der Waals surface area contributed by atoms with Gasteiger partial charge in [-0.3, -0.25) is 11.3 Å². The molecular weight excluding hydrogens is 333 g/mol. The molecule has 0 amide bonds. The number of hydrazine groups is 1. The number of hydrogen-bond donors (Lipinski definition) is 2. The molecule has 0 saturated heterocycles. The van der Waals surface area contributed by atoms with Gasteiger partial charge in [0.1, 0.15) is 11.0 Å². The molecule has 1 heterocycles. The van der Waals surface area contributed by atoms with Crippen LogP contribution in [0.5, 0.6) is 0 Å². The lowest BCUT2D eigenvalue weighted by molar-refractivity contribution is 0.545. The summed E-state index contributed by atoms with van der Waals surface area (Å²) in [6, 6.07) is 8.30. The van der Waals surface area contributed by atoms with Crippen LogP contribution in [0.4, 0.5) is 4.39 Å². The van der Waals surface area contributed by atoms with E-state index in [-0.39, 0.29) is 11.9 Å². The van der Waals surface area contributed by atoms with E-state index < -0.39 is 0 Å². The van der Waals surface area contributed by atoms with Crippen LogP contribution >= 0.6 is 27.5 Å². The molecule has 100 valence electrons. The average molecular weight is 345 g/mol. The molecule has 3 N–H and O–H groups in total. The molecule has 2 rings (SSSR count). The van der Waals surface area contributed by atoms with Crippen molar-refractivity contribution >= 4 is 27.5 Å². The Balaban J connectivity index is 2.24. The normalized spacial score (nSPS) is 12.4. The maximum absolute atomic E-state index is 13.5. The number of benzene rings is 1. The summed E-state index contributed by atoms with van der Waals surface area (Å²) in [6.45, 7) is 0. The number of nitrogens with one attached hydrogen (secondary N) is 1. The standard InChI is InChI=1S/C13H12BrClFN3/c14-13-8(2-1-3-10(13)16)6-11(19-17)9-4-5-12(15)18-7-9/h1-5,7,11,19H,6,17H2. The third-order valence-corrected chi connectivity index (χ3v) is 3.92. The molecular formula is C13H12BrClFN3. The van der Waals surface area contributed by atoms with Crippen LogP contribution in [-0.4, -0.2) is 4.98 Å². The van der Waals surface area contributed by atoms with Crippen molar-refractivity contribution in [3.63, 3.8) is 0 Å². The Hall–Kier alpha value is -1.01. The highest BCUT2D eigenvalue weighted by Gasteiger charge is 2.14. The van der Waals surface area contributed by atoms with Gasteiger partial charge in [0.25, 0.3) is 0 Å². The average Bonchev–Trinajstić information content (AvgIpc) is 2.42. The Morgan fingerprint density at radius 2 is 2.16 bits per heavy atom. The largest absolute Gasteiger partial charge is 0.271 e. The van der Waals surface area contributed by atoms with E-state index in [4.69, 9.17) is 17.4 Å². The van der Waals surface area contributed by atoms with Crippen LogP contribution in [0.1, 0.15) is 17.2 Å². The lowest BCUT2D eigenvalue weighted by Crippen LogP contribution is -2.29. The van der Waals surface area contributed by atoms with Crippen LogP contribution in [0, 0.1) is 5.82 Å². The van der Waals surface area contributed by atoms with Crippen molar-refractivity contribution in [3.8, 4) is 0 Å². The first kappa shape index (κ1) is 14.4. The Labute approximate surface area is 124 Å². The first-order valence-corrected chi connectivity index (χ1v) is 6.79. The fourth-order valence-electron chi connectivity index (χ4n) is 1.79. The molecule has 0 aliphatic carbocycles. The number of nitrogens with zero attached hydrogens (tertiary/aromatic N) is 1. The summed E-state index contributed by atoms with van der Waals surface area (Å²) in [7, 11) is 0. The quantitative estimate of drug-likeness (QED) is 0.508. The van der Waals surface area contributed by atoms with Crippen molar-refractivity contribution in [2.45, 2.75) is 12.5 Å². The third-order valence-electron chi connectivity index (χ3n) is 2.81. The second-order valence-electron chi connectivity index (χ2n) is 4.05. The van der Waals surface area contributed by atoms with E-state index in [1.807, 2.05) is 12.1 Å². The SMILES string of the molecule is NNC(Cc1cccc(F)c1Br)c1ccc(Cl)nc1. The highest BCUT2D eigenvalue weighted by molar-refractivity contribution is 9.10. The van der Waals surface area contributed by atoms with Crippen molar-refractivity contribution in [2.75, 3.05) is 0 Å². The summed E-state index contributed by atoms with van der Waals surface area (Å²) in [4.78, 5) is 4.01. The fourth-order valence-corrected chi connectivity index (χ4v) is 2.33. The van der Waals surface area contributed by atoms with Gasteiger partial charge in [0.15, 0.2) is 0 Å². The van der Waals surface area contributed by atoms with E-state index in [0.717, 1.165) is 11.1 Å². The van der Waals surface area contributed by atoms with Gasteiger partial charge < -0.3 is 0 Å². The van der Waals surface area contributed by atoms with Gasteiger partial charge in [0.05, 0.1) is 10.5 Å². The van der Waals surface area contributed by atoms with Crippen LogP contribution in [0.2, 0.25) is 5.15 Å². The van der Waals surface area contributed by atoms with Crippen LogP contribution in [0.15, 0.2) is 41.0 Å². The molecule has 0 saturated carbocycles. The molecule has 6 heteroatoms. The van der Waals surface area contributed by atoms with E-state index in [2.05, 4.69) is 26.3 Å². The first-order chi connectivity index (χ1) is 9.11. The molecule has 0 spiro atoms. The van der Waals surface area contributed by atoms with E-state index in [9.17, 15) is 4.39 Å². The predicted octanol–water partition coefficient (Wildman–Crippen LogP) is 3.38. The molecule has 0 fully saturated rings. The first-order valence-electron chi connectivity index (χ1n) is 5.62. The number of halogens is 3. The topological polar surface area (TPSA) is 50.9 Å².